The molecule has 0 aliphatic carbocycles. The maximum atomic E-state index is 12.4. The van der Waals surface area contributed by atoms with E-state index in [-0.39, 0.29) is 53.9 Å². The van der Waals surface area contributed by atoms with Crippen LogP contribution in [0.2, 0.25) is 0 Å². The van der Waals surface area contributed by atoms with Gasteiger partial charge in [0.1, 0.15) is 0 Å². The van der Waals surface area contributed by atoms with Gasteiger partial charge in [-0.1, -0.05) is 26.0 Å². The lowest BCUT2D eigenvalue weighted by Crippen LogP contribution is -2.25. The molecule has 1 atom stereocenters. The third-order valence-corrected chi connectivity index (χ3v) is 3.24. The van der Waals surface area contributed by atoms with Gasteiger partial charge in [-0.25, -0.2) is 0 Å². The van der Waals surface area contributed by atoms with Crippen LogP contribution < -0.4 is 15.8 Å². The van der Waals surface area contributed by atoms with E-state index in [1.807, 2.05) is 0 Å². The largest absolute Gasteiger partial charge is 0.573 e. The van der Waals surface area contributed by atoms with E-state index in [9.17, 15) is 13.2 Å². The molecule has 144 valence electrons. The van der Waals surface area contributed by atoms with Crippen LogP contribution in [0.3, 0.4) is 0 Å². The van der Waals surface area contributed by atoms with Crippen molar-refractivity contribution in [3.05, 3.63) is 24.3 Å². The second kappa shape index (κ2) is 11.4. The molecule has 25 heavy (non-hydrogen) atoms. The van der Waals surface area contributed by atoms with Crippen LogP contribution in [0.1, 0.15) is 26.7 Å². The minimum atomic E-state index is -4.78. The van der Waals surface area contributed by atoms with E-state index in [1.54, 1.807) is 6.07 Å². The number of nitrogens with one attached hydrogen (secondary N) is 1. The molecule has 0 bridgehead atoms. The number of alkyl halides is 3. The van der Waals surface area contributed by atoms with Gasteiger partial charge in [0.15, 0.2) is 11.7 Å². The molecule has 1 rings (SSSR count). The van der Waals surface area contributed by atoms with Crippen molar-refractivity contribution in [3.8, 4) is 5.75 Å². The van der Waals surface area contributed by atoms with Crippen molar-refractivity contribution in [2.24, 2.45) is 22.6 Å². The fraction of sp³-hybridized carbons (Fsp3) is 0.562. The predicted molar refractivity (Wildman–Crippen MR) is 103 cm³/mol. The molecule has 4 N–H and O–H groups in total. The summed E-state index contributed by atoms with van der Waals surface area (Å²) in [4.78, 5) is 4.16. The molecular weight excluding hydrogens is 450 g/mol. The number of nitrogens with two attached hydrogens (primary N) is 1. The summed E-state index contributed by atoms with van der Waals surface area (Å²) in [6.07, 6.45) is -3.30. The number of aliphatic hydroxyl groups excluding tert-OH is 1. The topological polar surface area (TPSA) is 79.9 Å². The van der Waals surface area contributed by atoms with Gasteiger partial charge in [0, 0.05) is 13.2 Å². The quantitative estimate of drug-likeness (QED) is 0.302. The Labute approximate surface area is 162 Å². The van der Waals surface area contributed by atoms with Crippen LogP contribution in [0.25, 0.3) is 0 Å². The number of anilines is 1. The van der Waals surface area contributed by atoms with Gasteiger partial charge in [0.2, 0.25) is 0 Å². The Balaban J connectivity index is 0.00000576. The number of aliphatic imine (C=N–C) groups is 1. The highest BCUT2D eigenvalue weighted by molar-refractivity contribution is 14.0. The van der Waals surface area contributed by atoms with Crippen molar-refractivity contribution in [3.63, 3.8) is 0 Å². The molecule has 0 saturated heterocycles. The molecule has 0 spiro atoms. The number of nitrogens with zero attached hydrogens (tertiary/aromatic N) is 1. The first kappa shape index (κ1) is 23.8. The van der Waals surface area contributed by atoms with Gasteiger partial charge in [-0.2, -0.15) is 0 Å². The van der Waals surface area contributed by atoms with Gasteiger partial charge in [-0.15, -0.1) is 37.1 Å². The maximum absolute atomic E-state index is 12.4. The van der Waals surface area contributed by atoms with Crippen LogP contribution >= 0.6 is 24.0 Å². The predicted octanol–water partition coefficient (Wildman–Crippen LogP) is 3.97. The van der Waals surface area contributed by atoms with Crippen LogP contribution in [0, 0.1) is 11.8 Å². The van der Waals surface area contributed by atoms with Crippen LogP contribution in [-0.2, 0) is 0 Å². The molecule has 9 heteroatoms. The molecule has 0 saturated carbocycles. The Bertz CT molecular complexity index is 540. The first-order valence-corrected chi connectivity index (χ1v) is 7.73. The summed E-state index contributed by atoms with van der Waals surface area (Å²) >= 11 is 0. The lowest BCUT2D eigenvalue weighted by atomic mass is 9.94. The normalized spacial score (nSPS) is 13.3. The summed E-state index contributed by atoms with van der Waals surface area (Å²) in [5, 5.41) is 11.7. The number of guanidine groups is 1. The SMILES string of the molecule is CC(C)CC(CCO)CN=C(N)Nc1ccccc1OC(F)(F)F.I. The van der Waals surface area contributed by atoms with E-state index in [1.165, 1.54) is 18.2 Å². The van der Waals surface area contributed by atoms with Crippen molar-refractivity contribution >= 4 is 35.6 Å². The Morgan fingerprint density at radius 2 is 1.96 bits per heavy atom. The lowest BCUT2D eigenvalue weighted by Gasteiger charge is -2.17. The van der Waals surface area contributed by atoms with Gasteiger partial charge in [0.05, 0.1) is 5.69 Å². The molecule has 0 aliphatic heterocycles. The van der Waals surface area contributed by atoms with Crippen molar-refractivity contribution < 1.29 is 23.0 Å². The van der Waals surface area contributed by atoms with E-state index < -0.39 is 6.36 Å². The Morgan fingerprint density at radius 3 is 2.52 bits per heavy atom. The van der Waals surface area contributed by atoms with Crippen molar-refractivity contribution in [2.75, 3.05) is 18.5 Å². The second-order valence-corrected chi connectivity index (χ2v) is 5.90. The van der Waals surface area contributed by atoms with E-state index in [4.69, 9.17) is 10.8 Å². The van der Waals surface area contributed by atoms with Crippen LogP contribution in [0.15, 0.2) is 29.3 Å². The number of benzene rings is 1. The summed E-state index contributed by atoms with van der Waals surface area (Å²) in [6, 6.07) is 5.60. The monoisotopic (exact) mass is 475 g/mol. The Morgan fingerprint density at radius 1 is 1.32 bits per heavy atom. The van der Waals surface area contributed by atoms with Crippen molar-refractivity contribution in [2.45, 2.75) is 33.1 Å². The maximum Gasteiger partial charge on any atom is 0.573 e. The van der Waals surface area contributed by atoms with Gasteiger partial charge >= 0.3 is 6.36 Å². The minimum absolute atomic E-state index is 0. The Kier molecular flexibility index (Phi) is 10.8. The molecule has 0 aliphatic rings. The number of hydrogen-bond donors (Lipinski definition) is 3. The molecule has 0 heterocycles. The standard InChI is InChI=1S/C16H24F3N3O2.HI/c1-11(2)9-12(7-8-23)10-21-15(20)22-13-5-3-4-6-14(13)24-16(17,18)19;/h3-6,11-12,23H,7-10H2,1-2H3,(H3,20,21,22);1H. The summed E-state index contributed by atoms with van der Waals surface area (Å²) < 4.78 is 41.1. The van der Waals surface area contributed by atoms with Crippen molar-refractivity contribution in [1.29, 1.82) is 0 Å². The number of hydrogen-bond acceptors (Lipinski definition) is 3. The van der Waals surface area contributed by atoms with Crippen LogP contribution in [-0.4, -0.2) is 30.6 Å². The number of para-hydroxylation sites is 2. The third kappa shape index (κ3) is 10.4. The zero-order valence-corrected chi connectivity index (χ0v) is 16.5. The highest BCUT2D eigenvalue weighted by atomic mass is 127. The molecule has 0 fully saturated rings. The number of aliphatic hydroxyl groups is 1. The van der Waals surface area contributed by atoms with Gasteiger partial charge in [0.25, 0.3) is 0 Å². The highest BCUT2D eigenvalue weighted by Crippen LogP contribution is 2.29. The molecule has 0 radical (unpaired) electrons. The average Bonchev–Trinajstić information content (AvgIpc) is 2.45. The average molecular weight is 475 g/mol. The van der Waals surface area contributed by atoms with Crippen molar-refractivity contribution in [1.82, 2.24) is 0 Å². The zero-order valence-electron chi connectivity index (χ0n) is 14.2. The zero-order chi connectivity index (χ0) is 18.2. The minimum Gasteiger partial charge on any atom is -0.404 e. The fourth-order valence-corrected chi connectivity index (χ4v) is 2.32. The first-order chi connectivity index (χ1) is 11.2. The summed E-state index contributed by atoms with van der Waals surface area (Å²) in [5.74, 6) is 0.237. The van der Waals surface area contributed by atoms with Gasteiger partial charge in [-0.3, -0.25) is 4.99 Å². The van der Waals surface area contributed by atoms with E-state index in [0.29, 0.717) is 18.9 Å². The van der Waals surface area contributed by atoms with E-state index in [2.05, 4.69) is 28.9 Å². The fourth-order valence-electron chi connectivity index (χ4n) is 2.32. The van der Waals surface area contributed by atoms with Gasteiger partial charge in [-0.05, 0) is 36.8 Å². The first-order valence-electron chi connectivity index (χ1n) is 7.73. The molecule has 1 aromatic rings. The highest BCUT2D eigenvalue weighted by Gasteiger charge is 2.32. The summed E-state index contributed by atoms with van der Waals surface area (Å²) in [6.45, 7) is 4.59. The number of rotatable bonds is 8. The van der Waals surface area contributed by atoms with Gasteiger partial charge < -0.3 is 20.9 Å². The molecule has 1 aromatic carbocycles. The Hall–Kier alpha value is -1.23. The molecular formula is C16H25F3IN3O2. The molecule has 1 unspecified atom stereocenters. The van der Waals surface area contributed by atoms with E-state index in [0.717, 1.165) is 6.42 Å². The smallest absolute Gasteiger partial charge is 0.404 e. The molecule has 0 aromatic heterocycles. The summed E-state index contributed by atoms with van der Waals surface area (Å²) in [5.41, 5.74) is 5.84. The van der Waals surface area contributed by atoms with Crippen LogP contribution in [0.5, 0.6) is 5.75 Å². The lowest BCUT2D eigenvalue weighted by molar-refractivity contribution is -0.274. The second-order valence-electron chi connectivity index (χ2n) is 5.90. The molecule has 5 nitrogen and oxygen atoms in total. The van der Waals surface area contributed by atoms with Crippen LogP contribution in [0.4, 0.5) is 18.9 Å². The summed E-state index contributed by atoms with van der Waals surface area (Å²) in [7, 11) is 0. The third-order valence-electron chi connectivity index (χ3n) is 3.24. The van der Waals surface area contributed by atoms with E-state index >= 15 is 0 Å². The number of ether oxygens (including phenoxy) is 1. The number of halogens is 4. The molecule has 0 amide bonds.